The third-order valence-electron chi connectivity index (χ3n) is 5.40. The molecule has 0 atom stereocenters. The van der Waals surface area contributed by atoms with Gasteiger partial charge in [-0.15, -0.1) is 0 Å². The summed E-state index contributed by atoms with van der Waals surface area (Å²) in [6, 6.07) is 8.44. The van der Waals surface area contributed by atoms with Gasteiger partial charge in [0.2, 0.25) is 5.43 Å². The Balaban J connectivity index is 1.42. The highest BCUT2D eigenvalue weighted by Crippen LogP contribution is 2.25. The molecule has 3 aromatic rings. The first-order valence-electron chi connectivity index (χ1n) is 9.52. The lowest BCUT2D eigenvalue weighted by molar-refractivity contribution is 0.0946. The van der Waals surface area contributed by atoms with Crippen molar-refractivity contribution in [2.45, 2.75) is 19.9 Å². The molecule has 0 spiro atoms. The van der Waals surface area contributed by atoms with Crippen molar-refractivity contribution in [3.8, 4) is 0 Å². The summed E-state index contributed by atoms with van der Waals surface area (Å²) in [5.41, 5.74) is 3.07. The topological polar surface area (TPSA) is 65.2 Å². The Morgan fingerprint density at radius 2 is 2.17 bits per heavy atom. The van der Waals surface area contributed by atoms with E-state index in [2.05, 4.69) is 21.3 Å². The minimum atomic E-state index is -0.497. The number of pyridine rings is 1. The molecule has 150 valence electrons. The van der Waals surface area contributed by atoms with Crippen molar-refractivity contribution in [1.82, 2.24) is 15.2 Å². The summed E-state index contributed by atoms with van der Waals surface area (Å²) in [5, 5.41) is 3.78. The molecule has 2 heterocycles. The number of carbonyl (C=O) groups excluding carboxylic acids is 1. The standard InChI is InChI=1S/C22H21ClFN3O2/c1-13-9-15(24)10-17-20(13)26-11-18(21(17)28)22(29)25-6-8-27-7-5-16-14(12-27)3-2-4-19(16)23/h2-4,9-11H,5-8,12H2,1H3,(H,25,29)(H,26,28). The number of nitrogens with one attached hydrogen (secondary N) is 2. The molecule has 7 heteroatoms. The third kappa shape index (κ3) is 3.91. The van der Waals surface area contributed by atoms with E-state index in [0.717, 1.165) is 30.6 Å². The third-order valence-corrected chi connectivity index (χ3v) is 5.75. The van der Waals surface area contributed by atoms with Crippen LogP contribution in [0.15, 0.2) is 41.3 Å². The molecule has 1 amide bonds. The fraction of sp³-hybridized carbons (Fsp3) is 0.273. The van der Waals surface area contributed by atoms with Crippen LogP contribution >= 0.6 is 11.6 Å². The summed E-state index contributed by atoms with van der Waals surface area (Å²) < 4.78 is 13.7. The van der Waals surface area contributed by atoms with E-state index < -0.39 is 17.2 Å². The van der Waals surface area contributed by atoms with Gasteiger partial charge in [0.25, 0.3) is 5.91 Å². The van der Waals surface area contributed by atoms with Crippen molar-refractivity contribution in [2.24, 2.45) is 0 Å². The first-order valence-corrected chi connectivity index (χ1v) is 9.90. The van der Waals surface area contributed by atoms with Gasteiger partial charge in [0.15, 0.2) is 0 Å². The van der Waals surface area contributed by atoms with E-state index in [1.165, 1.54) is 23.4 Å². The summed E-state index contributed by atoms with van der Waals surface area (Å²) in [4.78, 5) is 30.3. The number of nitrogens with zero attached hydrogens (tertiary/aromatic N) is 1. The van der Waals surface area contributed by atoms with Crippen LogP contribution in [0.25, 0.3) is 10.9 Å². The summed E-state index contributed by atoms with van der Waals surface area (Å²) in [6.07, 6.45) is 2.27. The van der Waals surface area contributed by atoms with Crippen LogP contribution in [-0.2, 0) is 13.0 Å². The summed E-state index contributed by atoms with van der Waals surface area (Å²) in [6.45, 7) is 4.43. The minimum Gasteiger partial charge on any atom is -0.360 e. The van der Waals surface area contributed by atoms with Crippen molar-refractivity contribution in [2.75, 3.05) is 19.6 Å². The summed E-state index contributed by atoms with van der Waals surface area (Å²) in [7, 11) is 0. The molecule has 29 heavy (non-hydrogen) atoms. The SMILES string of the molecule is Cc1cc(F)cc2c(=O)c(C(=O)NCCN3CCc4c(Cl)cccc4C3)c[nH]c12. The van der Waals surface area contributed by atoms with Crippen LogP contribution in [0.3, 0.4) is 0 Å². The van der Waals surface area contributed by atoms with Crippen molar-refractivity contribution < 1.29 is 9.18 Å². The fourth-order valence-electron chi connectivity index (χ4n) is 3.87. The molecule has 2 N–H and O–H groups in total. The van der Waals surface area contributed by atoms with Gasteiger partial charge in [-0.3, -0.25) is 14.5 Å². The highest BCUT2D eigenvalue weighted by Gasteiger charge is 2.19. The Kier molecular flexibility index (Phi) is 5.39. The van der Waals surface area contributed by atoms with Gasteiger partial charge >= 0.3 is 0 Å². The predicted octanol–water partition coefficient (Wildman–Crippen LogP) is 3.42. The molecule has 1 aliphatic heterocycles. The molecule has 0 radical (unpaired) electrons. The van der Waals surface area contributed by atoms with Crippen LogP contribution in [0.5, 0.6) is 0 Å². The Hall–Kier alpha value is -2.70. The summed E-state index contributed by atoms with van der Waals surface area (Å²) in [5.74, 6) is -0.959. The van der Waals surface area contributed by atoms with E-state index in [9.17, 15) is 14.0 Å². The Morgan fingerprint density at radius 3 is 3.00 bits per heavy atom. The second-order valence-electron chi connectivity index (χ2n) is 7.34. The van der Waals surface area contributed by atoms with E-state index in [1.54, 1.807) is 6.92 Å². The smallest absolute Gasteiger partial charge is 0.256 e. The van der Waals surface area contributed by atoms with E-state index >= 15 is 0 Å². The number of aromatic nitrogens is 1. The quantitative estimate of drug-likeness (QED) is 0.688. The lowest BCUT2D eigenvalue weighted by atomic mass is 10.00. The number of aromatic amines is 1. The molecule has 0 aliphatic carbocycles. The molecule has 1 aliphatic rings. The number of hydrogen-bond acceptors (Lipinski definition) is 3. The average Bonchev–Trinajstić information content (AvgIpc) is 2.69. The molecule has 2 aromatic carbocycles. The van der Waals surface area contributed by atoms with Gasteiger partial charge in [-0.05, 0) is 48.2 Å². The van der Waals surface area contributed by atoms with E-state index in [4.69, 9.17) is 11.6 Å². The Labute approximate surface area is 172 Å². The molecular formula is C22H21ClFN3O2. The van der Waals surface area contributed by atoms with Gasteiger partial charge in [-0.1, -0.05) is 23.7 Å². The van der Waals surface area contributed by atoms with Gasteiger partial charge in [-0.25, -0.2) is 4.39 Å². The number of fused-ring (bicyclic) bond motifs is 2. The summed E-state index contributed by atoms with van der Waals surface area (Å²) >= 11 is 6.25. The van der Waals surface area contributed by atoms with Crippen LogP contribution < -0.4 is 10.7 Å². The first kappa shape index (κ1) is 19.6. The molecule has 5 nitrogen and oxygen atoms in total. The maximum atomic E-state index is 13.7. The van der Waals surface area contributed by atoms with Crippen LogP contribution in [-0.4, -0.2) is 35.4 Å². The molecule has 0 fully saturated rings. The van der Waals surface area contributed by atoms with Gasteiger partial charge in [0.05, 0.1) is 5.52 Å². The maximum Gasteiger partial charge on any atom is 0.256 e. The van der Waals surface area contributed by atoms with Crippen molar-refractivity contribution in [3.05, 3.63) is 79.8 Å². The molecule has 0 saturated heterocycles. The van der Waals surface area contributed by atoms with Gasteiger partial charge in [0.1, 0.15) is 11.4 Å². The largest absolute Gasteiger partial charge is 0.360 e. The number of rotatable bonds is 4. The fourth-order valence-corrected chi connectivity index (χ4v) is 4.16. The molecule has 4 rings (SSSR count). The molecule has 0 saturated carbocycles. The normalized spacial score (nSPS) is 14.0. The van der Waals surface area contributed by atoms with Crippen molar-refractivity contribution >= 4 is 28.4 Å². The van der Waals surface area contributed by atoms with Crippen LogP contribution in [0.1, 0.15) is 27.0 Å². The Morgan fingerprint density at radius 1 is 1.34 bits per heavy atom. The average molecular weight is 414 g/mol. The molecular weight excluding hydrogens is 393 g/mol. The number of carbonyl (C=O) groups is 1. The van der Waals surface area contributed by atoms with Gasteiger partial charge in [-0.2, -0.15) is 0 Å². The Bertz CT molecular complexity index is 1160. The van der Waals surface area contributed by atoms with E-state index in [0.29, 0.717) is 24.2 Å². The highest BCUT2D eigenvalue weighted by molar-refractivity contribution is 6.31. The van der Waals surface area contributed by atoms with Crippen molar-refractivity contribution in [3.63, 3.8) is 0 Å². The van der Waals surface area contributed by atoms with Gasteiger partial charge in [0, 0.05) is 42.8 Å². The molecule has 0 bridgehead atoms. The van der Waals surface area contributed by atoms with Gasteiger partial charge < -0.3 is 10.3 Å². The number of aryl methyl sites for hydroxylation is 1. The second kappa shape index (κ2) is 7.97. The van der Waals surface area contributed by atoms with Crippen LogP contribution in [0.2, 0.25) is 5.02 Å². The lowest BCUT2D eigenvalue weighted by Crippen LogP contribution is -2.38. The first-order chi connectivity index (χ1) is 13.9. The number of H-pyrrole nitrogens is 1. The zero-order chi connectivity index (χ0) is 20.5. The molecule has 0 unspecified atom stereocenters. The second-order valence-corrected chi connectivity index (χ2v) is 7.74. The van der Waals surface area contributed by atoms with E-state index in [-0.39, 0.29) is 10.9 Å². The number of benzene rings is 2. The minimum absolute atomic E-state index is 0.0155. The predicted molar refractivity (Wildman–Crippen MR) is 112 cm³/mol. The maximum absolute atomic E-state index is 13.7. The zero-order valence-corrected chi connectivity index (χ0v) is 16.8. The van der Waals surface area contributed by atoms with Crippen LogP contribution in [0.4, 0.5) is 4.39 Å². The highest BCUT2D eigenvalue weighted by atomic mass is 35.5. The monoisotopic (exact) mass is 413 g/mol. The lowest BCUT2D eigenvalue weighted by Gasteiger charge is -2.29. The molecule has 1 aromatic heterocycles. The number of halogens is 2. The van der Waals surface area contributed by atoms with Crippen molar-refractivity contribution in [1.29, 1.82) is 0 Å². The van der Waals surface area contributed by atoms with Crippen LogP contribution in [0, 0.1) is 12.7 Å². The van der Waals surface area contributed by atoms with E-state index in [1.807, 2.05) is 12.1 Å². The number of amides is 1. The number of hydrogen-bond donors (Lipinski definition) is 2. The zero-order valence-electron chi connectivity index (χ0n) is 16.0.